The Morgan fingerprint density at radius 2 is 1.24 bits per heavy atom. The van der Waals surface area contributed by atoms with Crippen LogP contribution in [0.2, 0.25) is 0 Å². The summed E-state index contributed by atoms with van der Waals surface area (Å²) in [4.78, 5) is 9.48. The van der Waals surface area contributed by atoms with Gasteiger partial charge in [-0.05, 0) is 44.6 Å². The van der Waals surface area contributed by atoms with E-state index in [9.17, 15) is 0 Å². The molecule has 4 heteroatoms. The van der Waals surface area contributed by atoms with Gasteiger partial charge in [0, 0.05) is 18.1 Å². The van der Waals surface area contributed by atoms with Crippen molar-refractivity contribution in [2.75, 3.05) is 0 Å². The van der Waals surface area contributed by atoms with Crippen molar-refractivity contribution in [3.8, 4) is 34.0 Å². The Labute approximate surface area is 263 Å². The number of benzene rings is 4. The maximum Gasteiger partial charge on any atom is 2.00 e. The predicted molar refractivity (Wildman–Crippen MR) is 170 cm³/mol. The first-order valence-electron chi connectivity index (χ1n) is 14.1. The molecule has 0 N–H and O–H groups in total. The number of fused-ring (bicyclic) bond motifs is 2. The second-order valence-corrected chi connectivity index (χ2v) is 12.7. The normalized spacial score (nSPS) is 11.9. The van der Waals surface area contributed by atoms with Gasteiger partial charge >= 0.3 is 21.1 Å². The summed E-state index contributed by atoms with van der Waals surface area (Å²) < 4.78 is 6.67. The average Bonchev–Trinajstić information content (AvgIpc) is 2.96. The van der Waals surface area contributed by atoms with Crippen LogP contribution in [0.1, 0.15) is 52.7 Å². The molecular formula is C38H34N2OPt. The number of hydrogen-bond acceptors (Lipinski definition) is 3. The van der Waals surface area contributed by atoms with Crippen LogP contribution >= 0.6 is 0 Å². The third-order valence-corrected chi connectivity index (χ3v) is 7.48. The molecule has 0 atom stereocenters. The Hall–Kier alpha value is -3.81. The fourth-order valence-corrected chi connectivity index (χ4v) is 4.98. The van der Waals surface area contributed by atoms with Gasteiger partial charge in [-0.2, -0.15) is 0 Å². The molecule has 2 heterocycles. The topological polar surface area (TPSA) is 35.0 Å². The van der Waals surface area contributed by atoms with Crippen LogP contribution in [0.15, 0.2) is 97.3 Å². The molecule has 0 radical (unpaired) electrons. The summed E-state index contributed by atoms with van der Waals surface area (Å²) in [6, 6.07) is 36.3. The Balaban J connectivity index is 0.00000353. The van der Waals surface area contributed by atoms with E-state index in [2.05, 4.69) is 120 Å². The number of rotatable bonds is 4. The number of pyridine rings is 2. The first kappa shape index (κ1) is 29.7. The molecule has 4 aromatic carbocycles. The Kier molecular flexibility index (Phi) is 8.10. The molecule has 6 aromatic rings. The fourth-order valence-electron chi connectivity index (χ4n) is 4.98. The molecule has 0 saturated carbocycles. The van der Waals surface area contributed by atoms with Gasteiger partial charge in [-0.25, -0.2) is 0 Å². The molecule has 42 heavy (non-hydrogen) atoms. The van der Waals surface area contributed by atoms with E-state index in [-0.39, 0.29) is 31.9 Å². The van der Waals surface area contributed by atoms with E-state index >= 15 is 0 Å². The van der Waals surface area contributed by atoms with Gasteiger partial charge in [0.05, 0.1) is 5.75 Å². The van der Waals surface area contributed by atoms with E-state index in [4.69, 9.17) is 14.7 Å². The summed E-state index contributed by atoms with van der Waals surface area (Å²) in [6.07, 6.45) is 3.80. The number of ether oxygens (including phenoxy) is 1. The second-order valence-electron chi connectivity index (χ2n) is 12.7. The summed E-state index contributed by atoms with van der Waals surface area (Å²) in [5.41, 5.74) is 5.84. The first-order valence-corrected chi connectivity index (χ1v) is 14.1. The molecule has 3 nitrogen and oxygen atoms in total. The van der Waals surface area contributed by atoms with Crippen molar-refractivity contribution in [1.82, 2.24) is 9.97 Å². The molecule has 6 rings (SSSR count). The molecule has 0 unspecified atom stereocenters. The maximum absolute atomic E-state index is 6.67. The fraction of sp³-hybridized carbons (Fsp3) is 0.211. The van der Waals surface area contributed by atoms with Crippen LogP contribution < -0.4 is 4.74 Å². The van der Waals surface area contributed by atoms with Crippen LogP contribution in [0, 0.1) is 12.1 Å². The molecular weight excluding hydrogens is 696 g/mol. The minimum Gasteiger partial charge on any atom is -0.496 e. The van der Waals surface area contributed by atoms with Gasteiger partial charge < -0.3 is 14.7 Å². The predicted octanol–water partition coefficient (Wildman–Crippen LogP) is 10.1. The van der Waals surface area contributed by atoms with E-state index in [1.54, 1.807) is 0 Å². The smallest absolute Gasteiger partial charge is 0.496 e. The third-order valence-electron chi connectivity index (χ3n) is 7.48. The zero-order chi connectivity index (χ0) is 28.8. The zero-order valence-corrected chi connectivity index (χ0v) is 27.1. The van der Waals surface area contributed by atoms with Crippen molar-refractivity contribution >= 4 is 21.5 Å². The van der Waals surface area contributed by atoms with Crippen LogP contribution in [-0.4, -0.2) is 9.97 Å². The quantitative estimate of drug-likeness (QED) is 0.170. The minimum absolute atomic E-state index is 0. The molecule has 0 fully saturated rings. The van der Waals surface area contributed by atoms with E-state index < -0.39 is 0 Å². The van der Waals surface area contributed by atoms with Crippen molar-refractivity contribution in [1.29, 1.82) is 0 Å². The van der Waals surface area contributed by atoms with Gasteiger partial charge in [0.15, 0.2) is 0 Å². The minimum atomic E-state index is -0.0935. The summed E-state index contributed by atoms with van der Waals surface area (Å²) in [6.45, 7) is 13.3. The Morgan fingerprint density at radius 3 is 1.98 bits per heavy atom. The molecule has 2 aromatic heterocycles. The van der Waals surface area contributed by atoms with Crippen molar-refractivity contribution in [3.63, 3.8) is 0 Å². The van der Waals surface area contributed by atoms with Crippen LogP contribution in [0.25, 0.3) is 44.1 Å². The Bertz CT molecular complexity index is 1900. The summed E-state index contributed by atoms with van der Waals surface area (Å²) in [5.74, 6) is 1.29. The van der Waals surface area contributed by atoms with E-state index in [0.717, 1.165) is 49.6 Å². The molecule has 0 bridgehead atoms. The molecule has 0 aliphatic carbocycles. The molecule has 0 spiro atoms. The van der Waals surface area contributed by atoms with Gasteiger partial charge in [-0.3, -0.25) is 0 Å². The van der Waals surface area contributed by atoms with Crippen LogP contribution in [0.5, 0.6) is 11.5 Å². The Morgan fingerprint density at radius 1 is 0.595 bits per heavy atom. The number of hydrogen-bond donors (Lipinski definition) is 0. The maximum atomic E-state index is 6.67. The van der Waals surface area contributed by atoms with Gasteiger partial charge in [-0.1, -0.05) is 131 Å². The average molecular weight is 730 g/mol. The summed E-state index contributed by atoms with van der Waals surface area (Å²) in [5, 5.41) is 4.32. The van der Waals surface area contributed by atoms with Gasteiger partial charge in [0.1, 0.15) is 0 Å². The van der Waals surface area contributed by atoms with Gasteiger partial charge in [0.25, 0.3) is 0 Å². The molecule has 212 valence electrons. The van der Waals surface area contributed by atoms with E-state index in [0.29, 0.717) is 11.5 Å². The number of aromatic nitrogens is 2. The van der Waals surface area contributed by atoms with Crippen molar-refractivity contribution in [2.24, 2.45) is 0 Å². The summed E-state index contributed by atoms with van der Waals surface area (Å²) in [7, 11) is 0. The van der Waals surface area contributed by atoms with Crippen LogP contribution in [0.4, 0.5) is 0 Å². The second kappa shape index (κ2) is 11.5. The SMILES string of the molecule is CC(C)(C)c1cc(Oc2[c-]c(-c3cc(C(C)(C)C)ccn3)cc3ccccc23)[c-]c(-c2cc3ccccc3cn2)c1.[Pt+2]. The summed E-state index contributed by atoms with van der Waals surface area (Å²) >= 11 is 0. The van der Waals surface area contributed by atoms with Crippen LogP contribution in [-0.2, 0) is 31.9 Å². The standard InChI is InChI=1S/C38H34N2O.Pt/c1-37(2,3)30-15-16-39-35(23-30)28-17-26-12-9-10-14-33(26)36(21-28)41-32-19-29(18-31(22-32)38(4,5)6)34-20-25-11-7-8-13-27(25)24-40-34;/h7-18,20,22-24H,1-6H3;/q-2;+2. The van der Waals surface area contributed by atoms with Crippen LogP contribution in [0.3, 0.4) is 0 Å². The monoisotopic (exact) mass is 729 g/mol. The molecule has 0 aliphatic rings. The van der Waals surface area contributed by atoms with E-state index in [1.807, 2.05) is 30.6 Å². The number of nitrogens with zero attached hydrogens (tertiary/aromatic N) is 2. The van der Waals surface area contributed by atoms with Crippen molar-refractivity contribution < 1.29 is 25.8 Å². The molecule has 0 aliphatic heterocycles. The van der Waals surface area contributed by atoms with Gasteiger partial charge in [-0.15, -0.1) is 28.8 Å². The molecule has 0 amide bonds. The van der Waals surface area contributed by atoms with E-state index in [1.165, 1.54) is 5.56 Å². The first-order chi connectivity index (χ1) is 19.5. The molecule has 0 saturated heterocycles. The zero-order valence-electron chi connectivity index (χ0n) is 24.9. The van der Waals surface area contributed by atoms with Crippen molar-refractivity contribution in [2.45, 2.75) is 52.4 Å². The largest absolute Gasteiger partial charge is 2.00 e. The van der Waals surface area contributed by atoms with Crippen molar-refractivity contribution in [3.05, 3.63) is 121 Å². The van der Waals surface area contributed by atoms with Gasteiger partial charge in [0.2, 0.25) is 0 Å². The third kappa shape index (κ3) is 6.17.